The highest BCUT2D eigenvalue weighted by molar-refractivity contribution is 6.30. The maximum Gasteiger partial charge on any atom is 0.145 e. The molecule has 0 amide bonds. The molecule has 0 unspecified atom stereocenters. The maximum absolute atomic E-state index is 9.67. The van der Waals surface area contributed by atoms with Crippen LogP contribution in [0.4, 0.5) is 0 Å². The standard InChI is InChI=1S/C15H16ClNO2/c1-3-14(18)13-7-6-12(9-17-13)19-15-8-11(16)5-4-10(15)2/h4-9,14,18H,3H2,1-2H3/t14-/m1/s1. The fourth-order valence-corrected chi connectivity index (χ4v) is 1.83. The normalized spacial score (nSPS) is 12.2. The van der Waals surface area contributed by atoms with E-state index in [2.05, 4.69) is 4.98 Å². The van der Waals surface area contributed by atoms with Gasteiger partial charge in [0.05, 0.1) is 18.0 Å². The monoisotopic (exact) mass is 277 g/mol. The molecule has 0 aliphatic rings. The van der Waals surface area contributed by atoms with Gasteiger partial charge in [0.15, 0.2) is 0 Å². The first-order valence-corrected chi connectivity index (χ1v) is 6.56. The van der Waals surface area contributed by atoms with Crippen LogP contribution in [0, 0.1) is 6.92 Å². The molecule has 0 saturated carbocycles. The summed E-state index contributed by atoms with van der Waals surface area (Å²) in [6.45, 7) is 3.86. The summed E-state index contributed by atoms with van der Waals surface area (Å²) < 4.78 is 5.73. The van der Waals surface area contributed by atoms with Crippen molar-refractivity contribution >= 4 is 11.6 Å². The molecule has 0 aliphatic carbocycles. The highest BCUT2D eigenvalue weighted by Gasteiger charge is 2.07. The Labute approximate surface area is 117 Å². The average Bonchev–Trinajstić information content (AvgIpc) is 2.43. The molecule has 4 heteroatoms. The summed E-state index contributed by atoms with van der Waals surface area (Å²) in [5.41, 5.74) is 1.65. The van der Waals surface area contributed by atoms with E-state index >= 15 is 0 Å². The Hall–Kier alpha value is -1.58. The SMILES string of the molecule is CC[C@@H](O)c1ccc(Oc2cc(Cl)ccc2C)cn1. The van der Waals surface area contributed by atoms with Crippen molar-refractivity contribution in [3.8, 4) is 11.5 Å². The molecular weight excluding hydrogens is 262 g/mol. The molecule has 1 N–H and O–H groups in total. The maximum atomic E-state index is 9.67. The van der Waals surface area contributed by atoms with E-state index in [1.165, 1.54) is 0 Å². The van der Waals surface area contributed by atoms with Gasteiger partial charge >= 0.3 is 0 Å². The summed E-state index contributed by atoms with van der Waals surface area (Å²) in [7, 11) is 0. The zero-order chi connectivity index (χ0) is 13.8. The molecule has 19 heavy (non-hydrogen) atoms. The number of hydrogen-bond acceptors (Lipinski definition) is 3. The van der Waals surface area contributed by atoms with E-state index in [1.807, 2.05) is 26.0 Å². The van der Waals surface area contributed by atoms with Gasteiger partial charge in [-0.3, -0.25) is 4.98 Å². The van der Waals surface area contributed by atoms with Crippen molar-refractivity contribution < 1.29 is 9.84 Å². The van der Waals surface area contributed by atoms with Crippen LogP contribution in [-0.2, 0) is 0 Å². The quantitative estimate of drug-likeness (QED) is 0.907. The molecule has 0 bridgehead atoms. The second kappa shape index (κ2) is 6.04. The number of aliphatic hydroxyl groups excluding tert-OH is 1. The fourth-order valence-electron chi connectivity index (χ4n) is 1.67. The summed E-state index contributed by atoms with van der Waals surface area (Å²) in [4.78, 5) is 4.19. The third-order valence-corrected chi connectivity index (χ3v) is 3.10. The Morgan fingerprint density at radius 3 is 2.74 bits per heavy atom. The van der Waals surface area contributed by atoms with Crippen LogP contribution in [-0.4, -0.2) is 10.1 Å². The van der Waals surface area contributed by atoms with E-state index in [0.717, 1.165) is 5.56 Å². The molecule has 1 heterocycles. The van der Waals surface area contributed by atoms with E-state index in [1.54, 1.807) is 24.4 Å². The van der Waals surface area contributed by atoms with Gasteiger partial charge in [-0.15, -0.1) is 0 Å². The Morgan fingerprint density at radius 1 is 1.32 bits per heavy atom. The van der Waals surface area contributed by atoms with E-state index in [0.29, 0.717) is 28.6 Å². The Balaban J connectivity index is 2.17. The molecule has 0 spiro atoms. The topological polar surface area (TPSA) is 42.4 Å². The van der Waals surface area contributed by atoms with E-state index in [4.69, 9.17) is 16.3 Å². The molecule has 2 rings (SSSR count). The van der Waals surface area contributed by atoms with Crippen molar-refractivity contribution in [3.63, 3.8) is 0 Å². The van der Waals surface area contributed by atoms with Crippen molar-refractivity contribution in [2.24, 2.45) is 0 Å². The number of aryl methyl sites for hydroxylation is 1. The molecule has 100 valence electrons. The predicted molar refractivity (Wildman–Crippen MR) is 75.8 cm³/mol. The Morgan fingerprint density at radius 2 is 2.11 bits per heavy atom. The number of nitrogens with zero attached hydrogens (tertiary/aromatic N) is 1. The summed E-state index contributed by atoms with van der Waals surface area (Å²) in [6.07, 6.45) is 1.72. The van der Waals surface area contributed by atoms with Crippen molar-refractivity contribution in [3.05, 3.63) is 52.8 Å². The molecule has 1 aromatic heterocycles. The van der Waals surface area contributed by atoms with Crippen LogP contribution in [0.15, 0.2) is 36.5 Å². The second-order valence-electron chi connectivity index (χ2n) is 4.35. The lowest BCUT2D eigenvalue weighted by molar-refractivity contribution is 0.169. The lowest BCUT2D eigenvalue weighted by atomic mass is 10.2. The van der Waals surface area contributed by atoms with E-state index < -0.39 is 6.10 Å². The predicted octanol–water partition coefficient (Wildman–Crippen LogP) is 4.28. The van der Waals surface area contributed by atoms with Gasteiger partial charge in [0.1, 0.15) is 11.5 Å². The minimum atomic E-state index is -0.526. The van der Waals surface area contributed by atoms with Crippen LogP contribution >= 0.6 is 11.6 Å². The van der Waals surface area contributed by atoms with Gasteiger partial charge in [0.2, 0.25) is 0 Å². The summed E-state index contributed by atoms with van der Waals surface area (Å²) in [5, 5.41) is 10.3. The molecule has 1 atom stereocenters. The highest BCUT2D eigenvalue weighted by atomic mass is 35.5. The lowest BCUT2D eigenvalue weighted by Crippen LogP contribution is -1.98. The number of aliphatic hydroxyl groups is 1. The highest BCUT2D eigenvalue weighted by Crippen LogP contribution is 2.28. The van der Waals surface area contributed by atoms with Crippen LogP contribution in [0.3, 0.4) is 0 Å². The minimum Gasteiger partial charge on any atom is -0.455 e. The smallest absolute Gasteiger partial charge is 0.145 e. The van der Waals surface area contributed by atoms with Crippen LogP contribution in [0.5, 0.6) is 11.5 Å². The van der Waals surface area contributed by atoms with E-state index in [-0.39, 0.29) is 0 Å². The summed E-state index contributed by atoms with van der Waals surface area (Å²) >= 11 is 5.94. The van der Waals surface area contributed by atoms with Crippen LogP contribution in [0.2, 0.25) is 5.02 Å². The summed E-state index contributed by atoms with van der Waals surface area (Å²) in [6, 6.07) is 9.06. The second-order valence-corrected chi connectivity index (χ2v) is 4.79. The molecule has 0 saturated heterocycles. The van der Waals surface area contributed by atoms with Gasteiger partial charge in [-0.1, -0.05) is 24.6 Å². The number of pyridine rings is 1. The molecule has 0 aliphatic heterocycles. The largest absolute Gasteiger partial charge is 0.455 e. The molecule has 0 radical (unpaired) electrons. The lowest BCUT2D eigenvalue weighted by Gasteiger charge is -2.10. The molecular formula is C15H16ClNO2. The third kappa shape index (κ3) is 3.46. The van der Waals surface area contributed by atoms with Crippen molar-refractivity contribution in [1.29, 1.82) is 0 Å². The number of benzene rings is 1. The van der Waals surface area contributed by atoms with Gasteiger partial charge in [0, 0.05) is 5.02 Å². The van der Waals surface area contributed by atoms with Gasteiger partial charge in [-0.25, -0.2) is 0 Å². The van der Waals surface area contributed by atoms with Crippen molar-refractivity contribution in [2.45, 2.75) is 26.4 Å². The molecule has 2 aromatic rings. The van der Waals surface area contributed by atoms with Gasteiger partial charge in [0.25, 0.3) is 0 Å². The third-order valence-electron chi connectivity index (χ3n) is 2.87. The van der Waals surface area contributed by atoms with Gasteiger partial charge < -0.3 is 9.84 Å². The zero-order valence-electron chi connectivity index (χ0n) is 10.9. The molecule has 1 aromatic carbocycles. The van der Waals surface area contributed by atoms with Crippen LogP contribution in [0.25, 0.3) is 0 Å². The number of aromatic nitrogens is 1. The minimum absolute atomic E-state index is 0.526. The first-order chi connectivity index (χ1) is 9.10. The van der Waals surface area contributed by atoms with Crippen molar-refractivity contribution in [1.82, 2.24) is 4.98 Å². The molecule has 0 fully saturated rings. The number of halogens is 1. The van der Waals surface area contributed by atoms with E-state index in [9.17, 15) is 5.11 Å². The van der Waals surface area contributed by atoms with Gasteiger partial charge in [-0.2, -0.15) is 0 Å². The molecule has 3 nitrogen and oxygen atoms in total. The first kappa shape index (κ1) is 13.8. The number of hydrogen-bond donors (Lipinski definition) is 1. The van der Waals surface area contributed by atoms with Crippen molar-refractivity contribution in [2.75, 3.05) is 0 Å². The summed E-state index contributed by atoms with van der Waals surface area (Å²) in [5.74, 6) is 1.33. The Kier molecular flexibility index (Phi) is 4.40. The number of rotatable bonds is 4. The fraction of sp³-hybridized carbons (Fsp3) is 0.267. The zero-order valence-corrected chi connectivity index (χ0v) is 11.7. The Bertz CT molecular complexity index is 555. The first-order valence-electron chi connectivity index (χ1n) is 6.18. The average molecular weight is 278 g/mol. The number of ether oxygens (including phenoxy) is 1. The van der Waals surface area contributed by atoms with Crippen LogP contribution < -0.4 is 4.74 Å². The van der Waals surface area contributed by atoms with Gasteiger partial charge in [-0.05, 0) is 43.2 Å². The van der Waals surface area contributed by atoms with Crippen LogP contribution in [0.1, 0.15) is 30.7 Å².